The lowest BCUT2D eigenvalue weighted by Crippen LogP contribution is -1.90. The summed E-state index contributed by atoms with van der Waals surface area (Å²) >= 11 is 0. The van der Waals surface area contributed by atoms with Gasteiger partial charge >= 0.3 is 0 Å². The van der Waals surface area contributed by atoms with Crippen molar-refractivity contribution in [3.05, 3.63) is 53.1 Å². The third kappa shape index (κ3) is 3.39. The highest BCUT2D eigenvalue weighted by molar-refractivity contribution is 5.57. The van der Waals surface area contributed by atoms with E-state index in [0.29, 0.717) is 5.92 Å². The molecule has 0 unspecified atom stereocenters. The SMILES string of the molecule is C=C(C)/C=C\c1cc(C(C)C)ccc1C. The fourth-order valence-corrected chi connectivity index (χ4v) is 1.43. The summed E-state index contributed by atoms with van der Waals surface area (Å²) in [5.41, 5.74) is 5.09. The molecule has 0 spiro atoms. The maximum atomic E-state index is 3.87. The van der Waals surface area contributed by atoms with Crippen molar-refractivity contribution in [2.24, 2.45) is 0 Å². The van der Waals surface area contributed by atoms with Gasteiger partial charge in [-0.3, -0.25) is 0 Å². The monoisotopic (exact) mass is 200 g/mol. The van der Waals surface area contributed by atoms with Gasteiger partial charge in [-0.25, -0.2) is 0 Å². The molecule has 0 aliphatic carbocycles. The zero-order valence-corrected chi connectivity index (χ0v) is 10.2. The molecule has 0 nitrogen and oxygen atoms in total. The lowest BCUT2D eigenvalue weighted by atomic mass is 9.97. The summed E-state index contributed by atoms with van der Waals surface area (Å²) < 4.78 is 0. The van der Waals surface area contributed by atoms with E-state index >= 15 is 0 Å². The van der Waals surface area contributed by atoms with Crippen LogP contribution in [0, 0.1) is 6.92 Å². The van der Waals surface area contributed by atoms with Crippen molar-refractivity contribution in [2.45, 2.75) is 33.6 Å². The Kier molecular flexibility index (Phi) is 3.90. The summed E-state index contributed by atoms with van der Waals surface area (Å²) in [5.74, 6) is 0.586. The van der Waals surface area contributed by atoms with Crippen molar-refractivity contribution in [1.29, 1.82) is 0 Å². The van der Waals surface area contributed by atoms with Gasteiger partial charge in [0, 0.05) is 0 Å². The Hall–Kier alpha value is -1.30. The first-order valence-corrected chi connectivity index (χ1v) is 5.45. The number of hydrogen-bond donors (Lipinski definition) is 0. The van der Waals surface area contributed by atoms with E-state index in [1.807, 2.05) is 6.92 Å². The molecular weight excluding hydrogens is 180 g/mol. The Labute approximate surface area is 93.3 Å². The van der Waals surface area contributed by atoms with Gasteiger partial charge in [-0.15, -0.1) is 0 Å². The molecule has 1 aromatic carbocycles. The molecule has 15 heavy (non-hydrogen) atoms. The van der Waals surface area contributed by atoms with Crippen LogP contribution in [-0.4, -0.2) is 0 Å². The molecule has 0 bridgehead atoms. The highest BCUT2D eigenvalue weighted by Gasteiger charge is 2.01. The highest BCUT2D eigenvalue weighted by Crippen LogP contribution is 2.19. The van der Waals surface area contributed by atoms with Gasteiger partial charge < -0.3 is 0 Å². The fourth-order valence-electron chi connectivity index (χ4n) is 1.43. The van der Waals surface area contributed by atoms with Crippen molar-refractivity contribution in [2.75, 3.05) is 0 Å². The topological polar surface area (TPSA) is 0 Å². The minimum absolute atomic E-state index is 0.586. The maximum Gasteiger partial charge on any atom is -0.0219 e. The summed E-state index contributed by atoms with van der Waals surface area (Å²) in [6.07, 6.45) is 4.20. The van der Waals surface area contributed by atoms with Crippen LogP contribution >= 0.6 is 0 Å². The first-order chi connectivity index (χ1) is 7.00. The first-order valence-electron chi connectivity index (χ1n) is 5.45. The Morgan fingerprint density at radius 2 is 2.00 bits per heavy atom. The Balaban J connectivity index is 3.05. The zero-order valence-electron chi connectivity index (χ0n) is 10.2. The number of rotatable bonds is 3. The van der Waals surface area contributed by atoms with Gasteiger partial charge in [-0.1, -0.05) is 56.4 Å². The fraction of sp³-hybridized carbons (Fsp3) is 0.333. The maximum absolute atomic E-state index is 3.87. The van der Waals surface area contributed by atoms with E-state index in [4.69, 9.17) is 0 Å². The van der Waals surface area contributed by atoms with Crippen LogP contribution in [0.5, 0.6) is 0 Å². The van der Waals surface area contributed by atoms with E-state index in [9.17, 15) is 0 Å². The molecule has 0 saturated carbocycles. The molecule has 0 heteroatoms. The average molecular weight is 200 g/mol. The van der Waals surface area contributed by atoms with E-state index in [0.717, 1.165) is 5.57 Å². The van der Waals surface area contributed by atoms with Gasteiger partial charge in [0.05, 0.1) is 0 Å². The molecule has 0 amide bonds. The van der Waals surface area contributed by atoms with E-state index in [-0.39, 0.29) is 0 Å². The Bertz CT molecular complexity index is 381. The Morgan fingerprint density at radius 3 is 2.53 bits per heavy atom. The molecule has 0 aliphatic heterocycles. The third-order valence-electron chi connectivity index (χ3n) is 2.52. The van der Waals surface area contributed by atoms with Gasteiger partial charge in [-0.2, -0.15) is 0 Å². The van der Waals surface area contributed by atoms with E-state index < -0.39 is 0 Å². The smallest absolute Gasteiger partial charge is 0.0219 e. The highest BCUT2D eigenvalue weighted by atomic mass is 14.1. The second-order valence-corrected chi connectivity index (χ2v) is 4.45. The van der Waals surface area contributed by atoms with Crippen LogP contribution in [-0.2, 0) is 0 Å². The number of benzene rings is 1. The second kappa shape index (κ2) is 4.97. The molecule has 0 radical (unpaired) electrons. The quantitative estimate of drug-likeness (QED) is 0.620. The van der Waals surface area contributed by atoms with Crippen molar-refractivity contribution in [3.63, 3.8) is 0 Å². The van der Waals surface area contributed by atoms with Crippen LogP contribution in [0.4, 0.5) is 0 Å². The largest absolute Gasteiger partial charge is 0.0961 e. The van der Waals surface area contributed by atoms with E-state index in [1.165, 1.54) is 16.7 Å². The molecule has 1 aromatic rings. The minimum Gasteiger partial charge on any atom is -0.0961 e. The molecule has 1 rings (SSSR count). The van der Waals surface area contributed by atoms with Crippen molar-refractivity contribution in [3.8, 4) is 0 Å². The Morgan fingerprint density at radius 1 is 1.33 bits per heavy atom. The molecule has 0 atom stereocenters. The van der Waals surface area contributed by atoms with Crippen LogP contribution in [0.25, 0.3) is 6.08 Å². The number of allylic oxidation sites excluding steroid dienone is 2. The van der Waals surface area contributed by atoms with Crippen molar-refractivity contribution in [1.82, 2.24) is 0 Å². The van der Waals surface area contributed by atoms with Crippen molar-refractivity contribution >= 4 is 6.08 Å². The van der Waals surface area contributed by atoms with Crippen LogP contribution in [0.15, 0.2) is 36.4 Å². The summed E-state index contributed by atoms with van der Waals surface area (Å²) in [6.45, 7) is 12.5. The number of hydrogen-bond acceptors (Lipinski definition) is 0. The van der Waals surface area contributed by atoms with Crippen LogP contribution in [0.3, 0.4) is 0 Å². The molecule has 0 N–H and O–H groups in total. The van der Waals surface area contributed by atoms with Gasteiger partial charge in [-0.05, 0) is 36.5 Å². The molecule has 0 saturated heterocycles. The molecule has 0 fully saturated rings. The normalized spacial score (nSPS) is 11.3. The second-order valence-electron chi connectivity index (χ2n) is 4.45. The predicted octanol–water partition coefficient (Wildman–Crippen LogP) is 4.71. The predicted molar refractivity (Wildman–Crippen MR) is 69.1 cm³/mol. The standard InChI is InChI=1S/C15H20/c1-11(2)6-8-15-10-14(12(3)4)9-7-13(15)5/h6-10,12H,1H2,2-5H3/b8-6-. The molecule has 0 aliphatic rings. The van der Waals surface area contributed by atoms with Gasteiger partial charge in [0.1, 0.15) is 0 Å². The van der Waals surface area contributed by atoms with Gasteiger partial charge in [0.15, 0.2) is 0 Å². The summed E-state index contributed by atoms with van der Waals surface area (Å²) in [4.78, 5) is 0. The van der Waals surface area contributed by atoms with Crippen LogP contribution < -0.4 is 0 Å². The average Bonchev–Trinajstić information content (AvgIpc) is 2.16. The van der Waals surface area contributed by atoms with Crippen LogP contribution in [0.2, 0.25) is 0 Å². The number of aryl methyl sites for hydroxylation is 1. The lowest BCUT2D eigenvalue weighted by molar-refractivity contribution is 0.865. The summed E-state index contributed by atoms with van der Waals surface area (Å²) in [7, 11) is 0. The van der Waals surface area contributed by atoms with E-state index in [2.05, 4.69) is 57.7 Å². The third-order valence-corrected chi connectivity index (χ3v) is 2.52. The van der Waals surface area contributed by atoms with E-state index in [1.54, 1.807) is 0 Å². The van der Waals surface area contributed by atoms with Gasteiger partial charge in [0.25, 0.3) is 0 Å². The zero-order chi connectivity index (χ0) is 11.4. The molecular formula is C15H20. The summed E-state index contributed by atoms with van der Waals surface area (Å²) in [5, 5.41) is 0. The molecule has 0 heterocycles. The van der Waals surface area contributed by atoms with Gasteiger partial charge in [0.2, 0.25) is 0 Å². The minimum atomic E-state index is 0.586. The summed E-state index contributed by atoms with van der Waals surface area (Å²) in [6, 6.07) is 6.66. The first kappa shape index (κ1) is 11.8. The molecule has 0 aromatic heterocycles. The van der Waals surface area contributed by atoms with Crippen LogP contribution in [0.1, 0.15) is 43.4 Å². The lowest BCUT2D eigenvalue weighted by Gasteiger charge is -2.08. The van der Waals surface area contributed by atoms with Crippen molar-refractivity contribution < 1.29 is 0 Å². The molecule has 80 valence electrons.